The van der Waals surface area contributed by atoms with E-state index < -0.39 is 17.2 Å². The van der Waals surface area contributed by atoms with Crippen molar-refractivity contribution >= 4 is 0 Å². The SMILES string of the molecule is CCCCCCCCCCCCOc1cc(F)c(F)c(OC(C)(C)C)c1. The molecule has 0 spiro atoms. The quantitative estimate of drug-likeness (QED) is 0.336. The molecule has 0 aliphatic rings. The van der Waals surface area contributed by atoms with E-state index in [0.717, 1.165) is 18.9 Å². The summed E-state index contributed by atoms with van der Waals surface area (Å²) < 4.78 is 38.6. The van der Waals surface area contributed by atoms with Crippen LogP contribution in [0.25, 0.3) is 0 Å². The van der Waals surface area contributed by atoms with Gasteiger partial charge in [-0.3, -0.25) is 0 Å². The number of hydrogen-bond acceptors (Lipinski definition) is 2. The van der Waals surface area contributed by atoms with E-state index in [1.54, 1.807) is 20.8 Å². The summed E-state index contributed by atoms with van der Waals surface area (Å²) in [4.78, 5) is 0. The van der Waals surface area contributed by atoms with E-state index in [-0.39, 0.29) is 5.75 Å². The minimum atomic E-state index is -0.966. The number of unbranched alkanes of at least 4 members (excludes halogenated alkanes) is 9. The van der Waals surface area contributed by atoms with Crippen molar-refractivity contribution in [2.45, 2.75) is 97.5 Å². The monoisotopic (exact) mass is 370 g/mol. The molecule has 0 radical (unpaired) electrons. The fourth-order valence-corrected chi connectivity index (χ4v) is 2.81. The maximum absolute atomic E-state index is 13.8. The summed E-state index contributed by atoms with van der Waals surface area (Å²) in [6.45, 7) is 8.13. The number of hydrogen-bond donors (Lipinski definition) is 0. The molecule has 150 valence electrons. The molecule has 0 bridgehead atoms. The summed E-state index contributed by atoms with van der Waals surface area (Å²) in [6.07, 6.45) is 12.5. The summed E-state index contributed by atoms with van der Waals surface area (Å²) in [7, 11) is 0. The van der Waals surface area contributed by atoms with Crippen molar-refractivity contribution in [1.82, 2.24) is 0 Å². The van der Waals surface area contributed by atoms with Crippen molar-refractivity contribution in [2.75, 3.05) is 6.61 Å². The van der Waals surface area contributed by atoms with Gasteiger partial charge in [0.1, 0.15) is 11.4 Å². The molecule has 0 atom stereocenters. The van der Waals surface area contributed by atoms with Crippen molar-refractivity contribution < 1.29 is 18.3 Å². The van der Waals surface area contributed by atoms with Gasteiger partial charge in [-0.15, -0.1) is 0 Å². The molecule has 0 fully saturated rings. The first-order chi connectivity index (χ1) is 12.3. The number of ether oxygens (including phenoxy) is 2. The van der Waals surface area contributed by atoms with Crippen molar-refractivity contribution in [3.8, 4) is 11.5 Å². The van der Waals surface area contributed by atoms with E-state index in [1.807, 2.05) is 0 Å². The van der Waals surface area contributed by atoms with E-state index in [1.165, 1.54) is 57.4 Å². The van der Waals surface area contributed by atoms with Crippen LogP contribution in [-0.4, -0.2) is 12.2 Å². The normalized spacial score (nSPS) is 11.6. The molecular formula is C22H36F2O2. The Morgan fingerprint density at radius 3 is 1.88 bits per heavy atom. The summed E-state index contributed by atoms with van der Waals surface area (Å²) in [6, 6.07) is 2.52. The van der Waals surface area contributed by atoms with Crippen LogP contribution < -0.4 is 9.47 Å². The van der Waals surface area contributed by atoms with Gasteiger partial charge in [0.2, 0.25) is 5.82 Å². The van der Waals surface area contributed by atoms with Crippen molar-refractivity contribution in [2.24, 2.45) is 0 Å². The lowest BCUT2D eigenvalue weighted by molar-refractivity contribution is 0.122. The largest absolute Gasteiger partial charge is 0.493 e. The highest BCUT2D eigenvalue weighted by atomic mass is 19.2. The van der Waals surface area contributed by atoms with Crippen molar-refractivity contribution in [3.63, 3.8) is 0 Å². The summed E-state index contributed by atoms with van der Waals surface area (Å²) >= 11 is 0. The molecule has 0 N–H and O–H groups in total. The van der Waals surface area contributed by atoms with Crippen LogP contribution in [-0.2, 0) is 0 Å². The van der Waals surface area contributed by atoms with Gasteiger partial charge in [-0.05, 0) is 27.2 Å². The Bertz CT molecular complexity index is 510. The predicted molar refractivity (Wildman–Crippen MR) is 104 cm³/mol. The first-order valence-electron chi connectivity index (χ1n) is 10.1. The molecule has 1 aromatic rings. The third-order valence-corrected chi connectivity index (χ3v) is 4.15. The summed E-state index contributed by atoms with van der Waals surface area (Å²) in [5.41, 5.74) is -0.595. The van der Waals surface area contributed by atoms with Gasteiger partial charge < -0.3 is 9.47 Å². The number of benzene rings is 1. The summed E-state index contributed by atoms with van der Waals surface area (Å²) in [5, 5.41) is 0. The third-order valence-electron chi connectivity index (χ3n) is 4.15. The zero-order chi connectivity index (χ0) is 19.4. The van der Waals surface area contributed by atoms with Crippen LogP contribution >= 0.6 is 0 Å². The second kappa shape index (κ2) is 12.1. The highest BCUT2D eigenvalue weighted by Crippen LogP contribution is 2.29. The zero-order valence-corrected chi connectivity index (χ0v) is 17.0. The maximum atomic E-state index is 13.8. The molecular weight excluding hydrogens is 334 g/mol. The number of rotatable bonds is 13. The van der Waals surface area contributed by atoms with Crippen LogP contribution in [0.1, 0.15) is 91.9 Å². The molecule has 0 aliphatic carbocycles. The van der Waals surface area contributed by atoms with Gasteiger partial charge in [-0.2, -0.15) is 4.39 Å². The first kappa shape index (κ1) is 22.7. The van der Waals surface area contributed by atoms with Gasteiger partial charge in [0.15, 0.2) is 11.6 Å². The molecule has 0 amide bonds. The van der Waals surface area contributed by atoms with Crippen LogP contribution in [0.3, 0.4) is 0 Å². The molecule has 0 saturated heterocycles. The highest BCUT2D eigenvalue weighted by molar-refractivity contribution is 5.36. The second-order valence-corrected chi connectivity index (χ2v) is 7.96. The molecule has 0 saturated carbocycles. The fraction of sp³-hybridized carbons (Fsp3) is 0.727. The standard InChI is InChI=1S/C22H36F2O2/c1-5-6-7-8-9-10-11-12-13-14-15-25-18-16-19(23)21(24)20(17-18)26-22(2,3)4/h16-17H,5-15H2,1-4H3. The van der Waals surface area contributed by atoms with Gasteiger partial charge in [-0.25, -0.2) is 4.39 Å². The molecule has 4 heteroatoms. The lowest BCUT2D eigenvalue weighted by Crippen LogP contribution is -2.23. The van der Waals surface area contributed by atoms with Gasteiger partial charge >= 0.3 is 0 Å². The van der Waals surface area contributed by atoms with Crippen LogP contribution in [0.5, 0.6) is 11.5 Å². The molecule has 0 aliphatic heterocycles. The van der Waals surface area contributed by atoms with E-state index >= 15 is 0 Å². The Morgan fingerprint density at radius 2 is 1.35 bits per heavy atom. The number of halogens is 2. The molecule has 26 heavy (non-hydrogen) atoms. The van der Waals surface area contributed by atoms with Crippen LogP contribution in [0.15, 0.2) is 12.1 Å². The van der Waals surface area contributed by atoms with Gasteiger partial charge in [0, 0.05) is 12.1 Å². The topological polar surface area (TPSA) is 18.5 Å². The molecule has 0 aromatic heterocycles. The van der Waals surface area contributed by atoms with E-state index in [0.29, 0.717) is 12.4 Å². The summed E-state index contributed by atoms with van der Waals surface area (Å²) in [5.74, 6) is -1.69. The molecule has 0 heterocycles. The average Bonchev–Trinajstić information content (AvgIpc) is 2.55. The molecule has 0 unspecified atom stereocenters. The van der Waals surface area contributed by atoms with E-state index in [4.69, 9.17) is 9.47 Å². The van der Waals surface area contributed by atoms with Crippen molar-refractivity contribution in [3.05, 3.63) is 23.8 Å². The Morgan fingerprint density at radius 1 is 0.808 bits per heavy atom. The Kier molecular flexibility index (Phi) is 10.6. The Hall–Kier alpha value is -1.32. The first-order valence-corrected chi connectivity index (χ1v) is 10.1. The second-order valence-electron chi connectivity index (χ2n) is 7.96. The lowest BCUT2D eigenvalue weighted by atomic mass is 10.1. The van der Waals surface area contributed by atoms with Crippen molar-refractivity contribution in [1.29, 1.82) is 0 Å². The van der Waals surface area contributed by atoms with Crippen LogP contribution in [0, 0.1) is 11.6 Å². The van der Waals surface area contributed by atoms with E-state index in [2.05, 4.69) is 6.92 Å². The Balaban J connectivity index is 2.23. The smallest absolute Gasteiger partial charge is 0.200 e. The zero-order valence-electron chi connectivity index (χ0n) is 17.0. The van der Waals surface area contributed by atoms with Gasteiger partial charge in [0.05, 0.1) is 6.61 Å². The molecule has 1 aromatic carbocycles. The minimum Gasteiger partial charge on any atom is -0.493 e. The highest BCUT2D eigenvalue weighted by Gasteiger charge is 2.19. The molecule has 1 rings (SSSR count). The third kappa shape index (κ3) is 9.98. The Labute approximate surface area is 158 Å². The van der Waals surface area contributed by atoms with Gasteiger partial charge in [-0.1, -0.05) is 64.7 Å². The predicted octanol–water partition coefficient (Wildman–Crippen LogP) is 7.44. The molecule has 2 nitrogen and oxygen atoms in total. The average molecular weight is 371 g/mol. The lowest BCUT2D eigenvalue weighted by Gasteiger charge is -2.22. The van der Waals surface area contributed by atoms with Crippen LogP contribution in [0.4, 0.5) is 8.78 Å². The van der Waals surface area contributed by atoms with Crippen LogP contribution in [0.2, 0.25) is 0 Å². The van der Waals surface area contributed by atoms with Gasteiger partial charge in [0.25, 0.3) is 0 Å². The minimum absolute atomic E-state index is 0.101. The fourth-order valence-electron chi connectivity index (χ4n) is 2.81. The maximum Gasteiger partial charge on any atom is 0.200 e. The van der Waals surface area contributed by atoms with E-state index in [9.17, 15) is 8.78 Å².